The summed E-state index contributed by atoms with van der Waals surface area (Å²) in [5, 5.41) is 4.04. The zero-order chi connectivity index (χ0) is 38.0. The summed E-state index contributed by atoms with van der Waals surface area (Å²) in [6.07, 6.45) is 2.22. The van der Waals surface area contributed by atoms with Gasteiger partial charge in [-0.15, -0.1) is 0 Å². The fraction of sp³-hybridized carbons (Fsp3) is 0.283. The number of likely N-dealkylation sites (N-methyl/N-ethyl adjacent to an activating group) is 1. The lowest BCUT2D eigenvalue weighted by molar-refractivity contribution is 0.210. The number of hydrogen-bond acceptors (Lipinski definition) is 5. The van der Waals surface area contributed by atoms with Gasteiger partial charge in [0.05, 0.1) is 0 Å². The highest BCUT2D eigenvalue weighted by molar-refractivity contribution is 6.03. The van der Waals surface area contributed by atoms with Crippen molar-refractivity contribution in [3.8, 4) is 16.9 Å². The number of carbonyl (C=O) groups is 1. The van der Waals surface area contributed by atoms with Crippen molar-refractivity contribution in [3.63, 3.8) is 0 Å². The number of H-pyrrole nitrogens is 1. The fourth-order valence-electron chi connectivity index (χ4n) is 6.77. The van der Waals surface area contributed by atoms with Crippen molar-refractivity contribution >= 4 is 28.4 Å². The Morgan fingerprint density at radius 1 is 0.778 bits per heavy atom. The Bertz CT molecular complexity index is 2190. The minimum Gasteiger partial charge on any atom is -0.492 e. The molecule has 278 valence electrons. The van der Waals surface area contributed by atoms with Crippen LogP contribution in [-0.4, -0.2) is 47.1 Å². The van der Waals surface area contributed by atoms with E-state index in [1.165, 1.54) is 5.56 Å². The molecule has 6 aromatic rings. The number of amides is 2. The number of nitrogens with zero attached hydrogens (tertiary/aromatic N) is 3. The number of hydrogen-bond donors (Lipinski definition) is 2. The van der Waals surface area contributed by atoms with Crippen LogP contribution in [-0.2, 0) is 13.0 Å². The smallest absolute Gasteiger partial charge is 0.326 e. The van der Waals surface area contributed by atoms with Crippen LogP contribution in [0.15, 0.2) is 126 Å². The number of benzene rings is 4. The first-order chi connectivity index (χ1) is 26.2. The number of pyridine rings is 2. The summed E-state index contributed by atoms with van der Waals surface area (Å²) >= 11 is 0. The number of aromatic nitrogens is 2. The molecule has 0 spiro atoms. The molecule has 0 bridgehead atoms. The van der Waals surface area contributed by atoms with Gasteiger partial charge in [-0.3, -0.25) is 14.6 Å². The van der Waals surface area contributed by atoms with Crippen molar-refractivity contribution in [2.45, 2.75) is 59.4 Å². The van der Waals surface area contributed by atoms with E-state index in [0.29, 0.717) is 25.2 Å². The lowest BCUT2D eigenvalue weighted by Crippen LogP contribution is -2.40. The van der Waals surface area contributed by atoms with Crippen molar-refractivity contribution < 1.29 is 9.53 Å². The third kappa shape index (κ3) is 9.43. The third-order valence-electron chi connectivity index (χ3n) is 9.81. The van der Waals surface area contributed by atoms with Crippen LogP contribution in [0.4, 0.5) is 16.2 Å². The molecule has 0 aliphatic heterocycles. The van der Waals surface area contributed by atoms with E-state index in [1.54, 1.807) is 17.2 Å². The first-order valence-electron chi connectivity index (χ1n) is 19.0. The Labute approximate surface area is 318 Å². The number of aromatic amines is 1. The highest BCUT2D eigenvalue weighted by Gasteiger charge is 2.24. The Morgan fingerprint density at radius 2 is 1.46 bits per heavy atom. The summed E-state index contributed by atoms with van der Waals surface area (Å²) in [6, 6.07) is 38.2. The summed E-state index contributed by atoms with van der Waals surface area (Å²) in [4.78, 5) is 39.1. The highest BCUT2D eigenvalue weighted by atomic mass is 16.5. The van der Waals surface area contributed by atoms with E-state index in [0.717, 1.165) is 64.3 Å². The van der Waals surface area contributed by atoms with Gasteiger partial charge in [0.15, 0.2) is 0 Å². The second kappa shape index (κ2) is 17.9. The van der Waals surface area contributed by atoms with Crippen molar-refractivity contribution in [2.75, 3.05) is 36.5 Å². The van der Waals surface area contributed by atoms with Crippen LogP contribution in [0.5, 0.6) is 5.75 Å². The Balaban J connectivity index is 1.27. The summed E-state index contributed by atoms with van der Waals surface area (Å²) in [6.45, 7) is 14.3. The van der Waals surface area contributed by atoms with Crippen LogP contribution in [0.2, 0.25) is 0 Å². The average molecular weight is 722 g/mol. The molecule has 0 atom stereocenters. The molecule has 54 heavy (non-hydrogen) atoms. The molecule has 2 heterocycles. The van der Waals surface area contributed by atoms with E-state index < -0.39 is 0 Å². The number of ether oxygens (including phenoxy) is 1. The molecular formula is C46H51N5O3. The molecule has 8 nitrogen and oxygen atoms in total. The van der Waals surface area contributed by atoms with Crippen LogP contribution in [0.25, 0.3) is 22.2 Å². The molecule has 0 unspecified atom stereocenters. The van der Waals surface area contributed by atoms with Crippen LogP contribution in [0, 0.1) is 0 Å². The molecule has 6 rings (SSSR count). The minimum atomic E-state index is -0.367. The molecule has 0 radical (unpaired) electrons. The largest absolute Gasteiger partial charge is 0.492 e. The number of anilines is 2. The van der Waals surface area contributed by atoms with E-state index >= 15 is 0 Å². The molecule has 0 fully saturated rings. The quantitative estimate of drug-likeness (QED) is 0.110. The van der Waals surface area contributed by atoms with Gasteiger partial charge in [-0.1, -0.05) is 107 Å². The average Bonchev–Trinajstić information content (AvgIpc) is 3.18. The molecule has 4 aromatic carbocycles. The van der Waals surface area contributed by atoms with Crippen LogP contribution in [0.3, 0.4) is 0 Å². The summed E-state index contributed by atoms with van der Waals surface area (Å²) < 4.78 is 6.29. The number of urea groups is 1. The van der Waals surface area contributed by atoms with Gasteiger partial charge in [0.25, 0.3) is 5.56 Å². The van der Waals surface area contributed by atoms with Gasteiger partial charge in [0, 0.05) is 36.9 Å². The maximum absolute atomic E-state index is 14.5. The van der Waals surface area contributed by atoms with Gasteiger partial charge in [-0.05, 0) is 101 Å². The molecule has 2 aromatic heterocycles. The zero-order valence-corrected chi connectivity index (χ0v) is 32.0. The molecule has 0 aliphatic carbocycles. The Morgan fingerprint density at radius 3 is 2.13 bits per heavy atom. The van der Waals surface area contributed by atoms with Crippen LogP contribution >= 0.6 is 0 Å². The van der Waals surface area contributed by atoms with E-state index in [1.807, 2.05) is 60.7 Å². The second-order valence-electron chi connectivity index (χ2n) is 14.3. The summed E-state index contributed by atoms with van der Waals surface area (Å²) in [5.41, 5.74) is 7.69. The van der Waals surface area contributed by atoms with E-state index in [9.17, 15) is 9.59 Å². The minimum absolute atomic E-state index is 0.106. The predicted octanol–water partition coefficient (Wildman–Crippen LogP) is 10.0. The first kappa shape index (κ1) is 38.0. The van der Waals surface area contributed by atoms with Gasteiger partial charge in [-0.25, -0.2) is 9.78 Å². The molecule has 8 heteroatoms. The predicted molar refractivity (Wildman–Crippen MR) is 222 cm³/mol. The molecule has 2 N–H and O–H groups in total. The molecule has 0 saturated carbocycles. The van der Waals surface area contributed by atoms with Gasteiger partial charge < -0.3 is 15.0 Å². The maximum Gasteiger partial charge on any atom is 0.326 e. The van der Waals surface area contributed by atoms with Gasteiger partial charge >= 0.3 is 6.03 Å². The number of carbonyl (C=O) groups excluding carboxylic acids is 1. The Kier molecular flexibility index (Phi) is 12.6. The number of fused-ring (bicyclic) bond motifs is 1. The van der Waals surface area contributed by atoms with E-state index in [-0.39, 0.29) is 29.1 Å². The van der Waals surface area contributed by atoms with E-state index in [4.69, 9.17) is 4.74 Å². The fourth-order valence-corrected chi connectivity index (χ4v) is 6.77. The first-order valence-corrected chi connectivity index (χ1v) is 19.0. The van der Waals surface area contributed by atoms with Crippen LogP contribution < -0.4 is 20.5 Å². The molecular weight excluding hydrogens is 671 g/mol. The van der Waals surface area contributed by atoms with Crippen molar-refractivity contribution in [1.29, 1.82) is 0 Å². The van der Waals surface area contributed by atoms with Gasteiger partial charge in [-0.2, -0.15) is 0 Å². The maximum atomic E-state index is 14.5. The van der Waals surface area contributed by atoms with Gasteiger partial charge in [0.1, 0.15) is 23.7 Å². The Hall–Kier alpha value is -5.73. The van der Waals surface area contributed by atoms with Gasteiger partial charge in [0.2, 0.25) is 0 Å². The lowest BCUT2D eigenvalue weighted by atomic mass is 9.88. The third-order valence-corrected chi connectivity index (χ3v) is 9.81. The topological polar surface area (TPSA) is 90.6 Å². The molecule has 0 aliphatic rings. The summed E-state index contributed by atoms with van der Waals surface area (Å²) in [5.74, 6) is 1.03. The standard InChI is InChI=1S/C46H51N5O3/c1-6-50(31-35-17-11-8-12-18-35)25-26-54-39-21-13-19-36(27-39)38-28-40(32(2)3)43(41(29-38)33(4)5)48-46(53)51(24-22-34-15-9-7-10-16-34)42-30-37-20-14-23-47-44(37)49-45(42)52/h7-21,23,27-30,32-33H,6,22,24-26,31H2,1-5H3,(H,48,53)(H,47,49,52). The van der Waals surface area contributed by atoms with Crippen LogP contribution in [0.1, 0.15) is 68.7 Å². The monoisotopic (exact) mass is 721 g/mol. The molecule has 2 amide bonds. The number of nitrogens with one attached hydrogen (secondary N) is 2. The van der Waals surface area contributed by atoms with Crippen molar-refractivity contribution in [1.82, 2.24) is 14.9 Å². The zero-order valence-electron chi connectivity index (χ0n) is 32.0. The SMILES string of the molecule is CCN(CCOc1cccc(-c2cc(C(C)C)c(NC(=O)N(CCc3ccccc3)c3cc4cccnc4[nH]c3=O)c(C(C)C)c2)c1)Cc1ccccc1. The number of rotatable bonds is 15. The lowest BCUT2D eigenvalue weighted by Gasteiger charge is -2.27. The van der Waals surface area contributed by atoms with Crippen molar-refractivity contribution in [3.05, 3.63) is 154 Å². The second-order valence-corrected chi connectivity index (χ2v) is 14.3. The normalized spacial score (nSPS) is 11.4. The summed E-state index contributed by atoms with van der Waals surface area (Å²) in [7, 11) is 0. The molecule has 0 saturated heterocycles. The highest BCUT2D eigenvalue weighted by Crippen LogP contribution is 2.38. The van der Waals surface area contributed by atoms with Crippen molar-refractivity contribution in [2.24, 2.45) is 0 Å². The van der Waals surface area contributed by atoms with E-state index in [2.05, 4.69) is 103 Å².